The van der Waals surface area contributed by atoms with Crippen LogP contribution in [-0.4, -0.2) is 6.10 Å². The first-order valence-corrected chi connectivity index (χ1v) is 3.90. The first-order chi connectivity index (χ1) is 5.75. The highest BCUT2D eigenvalue weighted by Gasteiger charge is 2.10. The molecule has 12 heavy (non-hydrogen) atoms. The van der Waals surface area contributed by atoms with Crippen LogP contribution in [0.1, 0.15) is 12.5 Å². The second-order valence-corrected chi connectivity index (χ2v) is 2.86. The van der Waals surface area contributed by atoms with Gasteiger partial charge in [-0.15, -0.1) is 0 Å². The monoisotopic (exact) mass is 164 g/mol. The average molecular weight is 164 g/mol. The van der Waals surface area contributed by atoms with Gasteiger partial charge >= 0.3 is 0 Å². The molecule has 1 atom stereocenters. The fourth-order valence-corrected chi connectivity index (χ4v) is 1.24. The standard InChI is InChI=1S/C10H9FO/c1-7-2-3-8-6-9(11)4-5-10(8)12-7/h2-7H,1H3. The van der Waals surface area contributed by atoms with Crippen molar-refractivity contribution in [2.75, 3.05) is 0 Å². The van der Waals surface area contributed by atoms with E-state index < -0.39 is 0 Å². The van der Waals surface area contributed by atoms with E-state index in [1.807, 2.05) is 19.1 Å². The zero-order valence-corrected chi connectivity index (χ0v) is 6.75. The molecule has 2 heteroatoms. The summed E-state index contributed by atoms with van der Waals surface area (Å²) in [5.74, 6) is 0.531. The number of rotatable bonds is 0. The Bertz CT molecular complexity index is 331. The van der Waals surface area contributed by atoms with Gasteiger partial charge in [0, 0.05) is 5.56 Å². The lowest BCUT2D eigenvalue weighted by molar-refractivity contribution is 0.265. The Morgan fingerprint density at radius 1 is 1.42 bits per heavy atom. The zero-order chi connectivity index (χ0) is 8.55. The minimum absolute atomic E-state index is 0.0861. The molecule has 0 N–H and O–H groups in total. The second kappa shape index (κ2) is 2.63. The molecule has 1 aromatic rings. The number of halogens is 1. The molecule has 1 unspecified atom stereocenters. The van der Waals surface area contributed by atoms with Crippen molar-refractivity contribution < 1.29 is 9.13 Å². The van der Waals surface area contributed by atoms with E-state index in [4.69, 9.17) is 4.74 Å². The van der Waals surface area contributed by atoms with Crippen LogP contribution < -0.4 is 4.74 Å². The molecular formula is C10H9FO. The van der Waals surface area contributed by atoms with Crippen molar-refractivity contribution in [1.29, 1.82) is 0 Å². The highest BCUT2D eigenvalue weighted by molar-refractivity contribution is 5.59. The lowest BCUT2D eigenvalue weighted by Gasteiger charge is -2.17. The fourth-order valence-electron chi connectivity index (χ4n) is 1.24. The van der Waals surface area contributed by atoms with Crippen LogP contribution in [0.5, 0.6) is 5.75 Å². The van der Waals surface area contributed by atoms with Crippen LogP contribution in [0.2, 0.25) is 0 Å². The molecule has 0 aliphatic carbocycles. The second-order valence-electron chi connectivity index (χ2n) is 2.86. The number of hydrogen-bond donors (Lipinski definition) is 0. The van der Waals surface area contributed by atoms with Crippen molar-refractivity contribution in [3.8, 4) is 5.75 Å². The molecule has 62 valence electrons. The van der Waals surface area contributed by atoms with Gasteiger partial charge in [0.15, 0.2) is 0 Å². The van der Waals surface area contributed by atoms with Crippen LogP contribution >= 0.6 is 0 Å². The molecule has 0 fully saturated rings. The fraction of sp³-hybridized carbons (Fsp3) is 0.200. The maximum absolute atomic E-state index is 12.7. The minimum Gasteiger partial charge on any atom is -0.486 e. The van der Waals surface area contributed by atoms with Crippen molar-refractivity contribution in [2.45, 2.75) is 13.0 Å². The van der Waals surface area contributed by atoms with E-state index in [2.05, 4.69) is 0 Å². The Kier molecular flexibility index (Phi) is 1.61. The molecule has 0 aromatic heterocycles. The molecule has 1 heterocycles. The van der Waals surface area contributed by atoms with Crippen LogP contribution in [0.25, 0.3) is 6.08 Å². The first-order valence-electron chi connectivity index (χ1n) is 3.90. The summed E-state index contributed by atoms with van der Waals surface area (Å²) in [4.78, 5) is 0. The largest absolute Gasteiger partial charge is 0.486 e. The molecule has 0 radical (unpaired) electrons. The molecule has 1 nitrogen and oxygen atoms in total. The molecular weight excluding hydrogens is 155 g/mol. The van der Waals surface area contributed by atoms with Crippen LogP contribution in [0.15, 0.2) is 24.3 Å². The third-order valence-electron chi connectivity index (χ3n) is 1.83. The average Bonchev–Trinajstić information content (AvgIpc) is 2.05. The van der Waals surface area contributed by atoms with Gasteiger partial charge < -0.3 is 4.74 Å². The van der Waals surface area contributed by atoms with E-state index in [9.17, 15) is 4.39 Å². The van der Waals surface area contributed by atoms with Crippen LogP contribution in [0.3, 0.4) is 0 Å². The SMILES string of the molecule is CC1C=Cc2cc(F)ccc2O1. The number of hydrogen-bond acceptors (Lipinski definition) is 1. The lowest BCUT2D eigenvalue weighted by atomic mass is 10.1. The Morgan fingerprint density at radius 2 is 2.25 bits per heavy atom. The van der Waals surface area contributed by atoms with Gasteiger partial charge in [-0.3, -0.25) is 0 Å². The third kappa shape index (κ3) is 1.20. The van der Waals surface area contributed by atoms with Gasteiger partial charge in [0.1, 0.15) is 17.7 Å². The quantitative estimate of drug-likeness (QED) is 0.572. The van der Waals surface area contributed by atoms with Gasteiger partial charge in [-0.05, 0) is 31.2 Å². The summed E-state index contributed by atoms with van der Waals surface area (Å²) >= 11 is 0. The van der Waals surface area contributed by atoms with E-state index >= 15 is 0 Å². The summed E-state index contributed by atoms with van der Waals surface area (Å²) in [5.41, 5.74) is 0.813. The summed E-state index contributed by atoms with van der Waals surface area (Å²) in [6.45, 7) is 1.95. The molecule has 0 saturated carbocycles. The summed E-state index contributed by atoms with van der Waals surface area (Å²) in [6, 6.07) is 4.53. The predicted octanol–water partition coefficient (Wildman–Crippen LogP) is 2.62. The van der Waals surface area contributed by atoms with E-state index in [0.717, 1.165) is 11.3 Å². The van der Waals surface area contributed by atoms with Gasteiger partial charge in [-0.1, -0.05) is 6.08 Å². The highest BCUT2D eigenvalue weighted by atomic mass is 19.1. The zero-order valence-electron chi connectivity index (χ0n) is 6.75. The van der Waals surface area contributed by atoms with Crippen LogP contribution in [0, 0.1) is 5.82 Å². The van der Waals surface area contributed by atoms with E-state index in [1.165, 1.54) is 12.1 Å². The Balaban J connectivity index is 2.47. The van der Waals surface area contributed by atoms with E-state index in [1.54, 1.807) is 6.07 Å². The van der Waals surface area contributed by atoms with Crippen molar-refractivity contribution in [3.05, 3.63) is 35.7 Å². The minimum atomic E-state index is -0.225. The van der Waals surface area contributed by atoms with Crippen molar-refractivity contribution in [3.63, 3.8) is 0 Å². The maximum Gasteiger partial charge on any atom is 0.127 e. The molecule has 0 bridgehead atoms. The number of benzene rings is 1. The first kappa shape index (κ1) is 7.35. The summed E-state index contributed by atoms with van der Waals surface area (Å²) < 4.78 is 18.1. The lowest BCUT2D eigenvalue weighted by Crippen LogP contribution is -2.11. The Labute approximate surface area is 70.5 Å². The van der Waals surface area contributed by atoms with E-state index in [-0.39, 0.29) is 11.9 Å². The smallest absolute Gasteiger partial charge is 0.127 e. The molecule has 2 rings (SSSR count). The maximum atomic E-state index is 12.7. The molecule has 1 aliphatic heterocycles. The van der Waals surface area contributed by atoms with E-state index in [0.29, 0.717) is 0 Å². The van der Waals surface area contributed by atoms with Gasteiger partial charge in [-0.2, -0.15) is 0 Å². The number of fused-ring (bicyclic) bond motifs is 1. The van der Waals surface area contributed by atoms with Crippen molar-refractivity contribution in [1.82, 2.24) is 0 Å². The molecule has 0 amide bonds. The normalized spacial score (nSPS) is 20.0. The highest BCUT2D eigenvalue weighted by Crippen LogP contribution is 2.26. The third-order valence-corrected chi connectivity index (χ3v) is 1.83. The summed E-state index contributed by atoms with van der Waals surface area (Å²) in [7, 11) is 0. The topological polar surface area (TPSA) is 9.23 Å². The molecule has 1 aromatic carbocycles. The molecule has 0 spiro atoms. The predicted molar refractivity (Wildman–Crippen MR) is 45.5 cm³/mol. The molecule has 0 saturated heterocycles. The molecule has 1 aliphatic rings. The van der Waals surface area contributed by atoms with Gasteiger partial charge in [0.05, 0.1) is 0 Å². The van der Waals surface area contributed by atoms with Gasteiger partial charge in [-0.25, -0.2) is 4.39 Å². The Hall–Kier alpha value is -1.31. The van der Waals surface area contributed by atoms with Crippen LogP contribution in [-0.2, 0) is 0 Å². The summed E-state index contributed by atoms with van der Waals surface area (Å²) in [6.07, 6.45) is 3.87. The van der Waals surface area contributed by atoms with Crippen molar-refractivity contribution >= 4 is 6.08 Å². The van der Waals surface area contributed by atoms with Crippen LogP contribution in [0.4, 0.5) is 4.39 Å². The Morgan fingerprint density at radius 3 is 3.08 bits per heavy atom. The van der Waals surface area contributed by atoms with Gasteiger partial charge in [0.25, 0.3) is 0 Å². The number of ether oxygens (including phenoxy) is 1. The summed E-state index contributed by atoms with van der Waals surface area (Å²) in [5, 5.41) is 0. The van der Waals surface area contributed by atoms with Crippen molar-refractivity contribution in [2.24, 2.45) is 0 Å². The van der Waals surface area contributed by atoms with Gasteiger partial charge in [0.2, 0.25) is 0 Å².